The summed E-state index contributed by atoms with van der Waals surface area (Å²) in [6.45, 7) is 10.7. The molecule has 4 atom stereocenters. The molecule has 1 saturated heterocycles. The minimum absolute atomic E-state index is 0.0863. The average Bonchev–Trinajstić information content (AvgIpc) is 3.04. The van der Waals surface area contributed by atoms with Crippen molar-refractivity contribution in [2.45, 2.75) is 66.0 Å². The van der Waals surface area contributed by atoms with Crippen LogP contribution in [-0.4, -0.2) is 42.8 Å². The van der Waals surface area contributed by atoms with Crippen molar-refractivity contribution >= 4 is 12.0 Å². The van der Waals surface area contributed by atoms with Gasteiger partial charge in [0.15, 0.2) is 0 Å². The van der Waals surface area contributed by atoms with Gasteiger partial charge in [0.25, 0.3) is 0 Å². The third kappa shape index (κ3) is 2.01. The summed E-state index contributed by atoms with van der Waals surface area (Å²) < 4.78 is 11.0. The van der Waals surface area contributed by atoms with E-state index in [1.165, 1.54) is 4.90 Å². The van der Waals surface area contributed by atoms with Crippen molar-refractivity contribution in [3.8, 4) is 0 Å². The molecule has 3 aliphatic rings. The maximum absolute atomic E-state index is 13.6. The van der Waals surface area contributed by atoms with Crippen molar-refractivity contribution in [3.63, 3.8) is 0 Å². The molecular weight excluding hydrogens is 294 g/mol. The van der Waals surface area contributed by atoms with Crippen LogP contribution in [0.15, 0.2) is 0 Å². The van der Waals surface area contributed by atoms with E-state index in [0.29, 0.717) is 5.92 Å². The number of imide groups is 1. The van der Waals surface area contributed by atoms with E-state index in [4.69, 9.17) is 9.47 Å². The summed E-state index contributed by atoms with van der Waals surface area (Å²) in [7, 11) is 1.68. The molecule has 23 heavy (non-hydrogen) atoms. The fraction of sp³-hybridized carbons (Fsp3) is 0.889. The molecule has 5 heteroatoms. The fourth-order valence-electron chi connectivity index (χ4n) is 5.21. The van der Waals surface area contributed by atoms with E-state index >= 15 is 0 Å². The van der Waals surface area contributed by atoms with Crippen LogP contribution in [0.25, 0.3) is 0 Å². The van der Waals surface area contributed by atoms with Gasteiger partial charge in [-0.25, -0.2) is 9.69 Å². The van der Waals surface area contributed by atoms with Gasteiger partial charge >= 0.3 is 6.09 Å². The molecule has 2 saturated carbocycles. The van der Waals surface area contributed by atoms with Gasteiger partial charge in [-0.3, -0.25) is 4.79 Å². The normalized spacial score (nSPS) is 39.0. The van der Waals surface area contributed by atoms with E-state index in [0.717, 1.165) is 19.3 Å². The Morgan fingerprint density at radius 3 is 2.52 bits per heavy atom. The molecule has 3 rings (SSSR count). The van der Waals surface area contributed by atoms with Crippen LogP contribution in [0.4, 0.5) is 4.79 Å². The van der Waals surface area contributed by atoms with Crippen molar-refractivity contribution in [1.29, 1.82) is 0 Å². The number of cyclic esters (lactones) is 1. The molecule has 0 aromatic rings. The highest BCUT2D eigenvalue weighted by Crippen LogP contribution is 2.67. The number of fused-ring (bicyclic) bond motifs is 2. The predicted octanol–water partition coefficient (Wildman–Crippen LogP) is 3.22. The van der Waals surface area contributed by atoms with Gasteiger partial charge in [0.05, 0.1) is 17.6 Å². The van der Waals surface area contributed by atoms with Gasteiger partial charge in [-0.2, -0.15) is 0 Å². The summed E-state index contributed by atoms with van der Waals surface area (Å²) >= 11 is 0. The molecule has 0 unspecified atom stereocenters. The molecule has 0 aromatic heterocycles. The lowest BCUT2D eigenvalue weighted by Crippen LogP contribution is -2.57. The fourth-order valence-corrected chi connectivity index (χ4v) is 5.21. The van der Waals surface area contributed by atoms with Gasteiger partial charge in [-0.15, -0.1) is 0 Å². The van der Waals surface area contributed by atoms with Crippen LogP contribution in [0.1, 0.15) is 53.9 Å². The molecule has 5 nitrogen and oxygen atoms in total. The summed E-state index contributed by atoms with van der Waals surface area (Å²) in [5.74, 6) is 0.389. The van der Waals surface area contributed by atoms with Gasteiger partial charge in [-0.05, 0) is 36.0 Å². The Labute approximate surface area is 138 Å². The standard InChI is InChI=1S/C18H29NO4/c1-16(2,3)12-10-23-15(21)19(12)14(20)18-8-7-11(17(18,4)5)9-13(18)22-6/h11-13H,7-10H2,1-6H3/t11-,12-,13-,18+/m1/s1. The molecule has 0 radical (unpaired) electrons. The molecule has 130 valence electrons. The third-order valence-corrected chi connectivity index (χ3v) is 6.86. The zero-order chi connectivity index (χ0) is 17.2. The lowest BCUT2D eigenvalue weighted by molar-refractivity contribution is -0.155. The van der Waals surface area contributed by atoms with Crippen LogP contribution in [0, 0.1) is 22.2 Å². The Bertz CT molecular complexity index is 536. The highest BCUT2D eigenvalue weighted by Gasteiger charge is 2.70. The number of carbonyl (C=O) groups is 2. The summed E-state index contributed by atoms with van der Waals surface area (Å²) in [6.07, 6.45) is 2.12. The minimum atomic E-state index is -0.612. The minimum Gasteiger partial charge on any atom is -0.447 e. The van der Waals surface area contributed by atoms with Crippen LogP contribution < -0.4 is 0 Å². The maximum Gasteiger partial charge on any atom is 0.417 e. The van der Waals surface area contributed by atoms with E-state index in [2.05, 4.69) is 13.8 Å². The van der Waals surface area contributed by atoms with Crippen molar-refractivity contribution in [1.82, 2.24) is 4.90 Å². The summed E-state index contributed by atoms with van der Waals surface area (Å²) in [5, 5.41) is 0. The number of hydrogen-bond donors (Lipinski definition) is 0. The number of rotatable bonds is 2. The number of methoxy groups -OCH3 is 1. The zero-order valence-corrected chi connectivity index (χ0v) is 15.1. The number of carbonyl (C=O) groups excluding carboxylic acids is 2. The molecule has 1 aliphatic heterocycles. The molecule has 0 aromatic carbocycles. The predicted molar refractivity (Wildman–Crippen MR) is 85.8 cm³/mol. The molecule has 3 fully saturated rings. The summed E-state index contributed by atoms with van der Waals surface area (Å²) in [6, 6.07) is -0.218. The van der Waals surface area contributed by atoms with Gasteiger partial charge in [-0.1, -0.05) is 34.6 Å². The Morgan fingerprint density at radius 2 is 2.00 bits per heavy atom. The molecule has 2 amide bonds. The quantitative estimate of drug-likeness (QED) is 0.783. The first-order valence-electron chi connectivity index (χ1n) is 8.60. The van der Waals surface area contributed by atoms with Crippen molar-refractivity contribution < 1.29 is 19.1 Å². The highest BCUT2D eigenvalue weighted by molar-refractivity contribution is 5.98. The van der Waals surface area contributed by atoms with E-state index in [1.54, 1.807) is 7.11 Å². The second-order valence-corrected chi connectivity index (χ2v) is 9.02. The van der Waals surface area contributed by atoms with E-state index in [-0.39, 0.29) is 35.5 Å². The number of amides is 2. The topological polar surface area (TPSA) is 55.8 Å². The van der Waals surface area contributed by atoms with Gasteiger partial charge < -0.3 is 9.47 Å². The van der Waals surface area contributed by atoms with E-state index in [1.807, 2.05) is 20.8 Å². The summed E-state index contributed by atoms with van der Waals surface area (Å²) in [5.41, 5.74) is -0.975. The third-order valence-electron chi connectivity index (χ3n) is 6.86. The molecule has 2 bridgehead atoms. The summed E-state index contributed by atoms with van der Waals surface area (Å²) in [4.78, 5) is 27.4. The highest BCUT2D eigenvalue weighted by atomic mass is 16.6. The van der Waals surface area contributed by atoms with Crippen LogP contribution in [0.2, 0.25) is 0 Å². The molecule has 1 heterocycles. The molecule has 0 N–H and O–H groups in total. The van der Waals surface area contributed by atoms with E-state index < -0.39 is 11.5 Å². The monoisotopic (exact) mass is 323 g/mol. The van der Waals surface area contributed by atoms with Gasteiger partial charge in [0, 0.05) is 7.11 Å². The Kier molecular flexibility index (Phi) is 3.60. The second-order valence-electron chi connectivity index (χ2n) is 9.02. The van der Waals surface area contributed by atoms with E-state index in [9.17, 15) is 9.59 Å². The van der Waals surface area contributed by atoms with Crippen LogP contribution in [0.3, 0.4) is 0 Å². The Hall–Kier alpha value is -1.10. The lowest BCUT2D eigenvalue weighted by Gasteiger charge is -2.44. The Balaban J connectivity index is 2.02. The Morgan fingerprint density at radius 1 is 1.35 bits per heavy atom. The van der Waals surface area contributed by atoms with Crippen molar-refractivity contribution in [2.75, 3.05) is 13.7 Å². The number of ether oxygens (including phenoxy) is 2. The molecular formula is C18H29NO4. The first-order valence-corrected chi connectivity index (χ1v) is 8.60. The first kappa shape index (κ1) is 16.7. The van der Waals surface area contributed by atoms with Gasteiger partial charge in [0.2, 0.25) is 5.91 Å². The second kappa shape index (κ2) is 4.95. The molecule has 0 spiro atoms. The zero-order valence-electron chi connectivity index (χ0n) is 15.1. The van der Waals surface area contributed by atoms with Crippen LogP contribution in [0.5, 0.6) is 0 Å². The van der Waals surface area contributed by atoms with Crippen molar-refractivity contribution in [2.24, 2.45) is 22.2 Å². The number of nitrogens with zero attached hydrogens (tertiary/aromatic N) is 1. The number of hydrogen-bond acceptors (Lipinski definition) is 4. The van der Waals surface area contributed by atoms with Gasteiger partial charge in [0.1, 0.15) is 6.61 Å². The molecule has 2 aliphatic carbocycles. The largest absolute Gasteiger partial charge is 0.447 e. The smallest absolute Gasteiger partial charge is 0.417 e. The van der Waals surface area contributed by atoms with Crippen LogP contribution in [-0.2, 0) is 14.3 Å². The average molecular weight is 323 g/mol. The van der Waals surface area contributed by atoms with Crippen LogP contribution >= 0.6 is 0 Å². The first-order chi connectivity index (χ1) is 10.6. The van der Waals surface area contributed by atoms with Crippen molar-refractivity contribution in [3.05, 3.63) is 0 Å². The SMILES string of the molecule is CO[C@@H]1C[C@H]2CC[C@]1(C(=O)N1C(=O)OC[C@@H]1C(C)(C)C)C2(C)C. The maximum atomic E-state index is 13.6. The lowest BCUT2D eigenvalue weighted by atomic mass is 9.67.